The van der Waals surface area contributed by atoms with E-state index in [9.17, 15) is 5.11 Å². The van der Waals surface area contributed by atoms with E-state index in [1.165, 1.54) is 0 Å². The van der Waals surface area contributed by atoms with Crippen molar-refractivity contribution < 1.29 is 14.9 Å². The lowest BCUT2D eigenvalue weighted by molar-refractivity contribution is -0.0295. The van der Waals surface area contributed by atoms with E-state index in [0.717, 1.165) is 0 Å². The molecule has 0 bridgehead atoms. The number of rotatable bonds is 5. The summed E-state index contributed by atoms with van der Waals surface area (Å²) in [7, 11) is 0. The first-order chi connectivity index (χ1) is 5.61. The highest BCUT2D eigenvalue weighted by atomic mass is 79.9. The van der Waals surface area contributed by atoms with Crippen LogP contribution in [0.5, 0.6) is 0 Å². The van der Waals surface area contributed by atoms with Crippen molar-refractivity contribution in [1.82, 2.24) is 0 Å². The van der Waals surface area contributed by atoms with Gasteiger partial charge in [0.2, 0.25) is 0 Å². The van der Waals surface area contributed by atoms with Crippen molar-refractivity contribution >= 4 is 31.9 Å². The second-order valence-electron chi connectivity index (χ2n) is 2.13. The number of aliphatic hydroxyl groups excluding tert-OH is 2. The van der Waals surface area contributed by atoms with E-state index in [1.54, 1.807) is 6.08 Å². The SMILES string of the molecule is CCO[C@H](C=C(Br)Br)C(O)CO. The standard InChI is InChI=1S/C7H12Br2O3/c1-2-12-6(3-7(8)9)5(11)4-10/h3,5-6,10-11H,2,4H2,1H3/t5?,6-/m1/s1. The Labute approximate surface area is 88.7 Å². The molecule has 0 saturated heterocycles. The largest absolute Gasteiger partial charge is 0.394 e. The highest BCUT2D eigenvalue weighted by Crippen LogP contribution is 2.16. The van der Waals surface area contributed by atoms with Gasteiger partial charge in [-0.05, 0) is 44.9 Å². The molecule has 1 unspecified atom stereocenters. The first kappa shape index (κ1) is 12.6. The first-order valence-electron chi connectivity index (χ1n) is 3.55. The van der Waals surface area contributed by atoms with Crippen LogP contribution in [0.4, 0.5) is 0 Å². The molecule has 0 aromatic rings. The fourth-order valence-corrected chi connectivity index (χ4v) is 1.21. The average Bonchev–Trinajstić information content (AvgIpc) is 2.01. The molecular weight excluding hydrogens is 292 g/mol. The van der Waals surface area contributed by atoms with Gasteiger partial charge in [0.15, 0.2) is 0 Å². The van der Waals surface area contributed by atoms with Crippen molar-refractivity contribution in [1.29, 1.82) is 0 Å². The molecule has 3 nitrogen and oxygen atoms in total. The number of hydrogen-bond donors (Lipinski definition) is 2. The fourth-order valence-electron chi connectivity index (χ4n) is 0.691. The van der Waals surface area contributed by atoms with Crippen molar-refractivity contribution in [2.24, 2.45) is 0 Å². The van der Waals surface area contributed by atoms with Crippen LogP contribution in [0.2, 0.25) is 0 Å². The molecule has 2 atom stereocenters. The van der Waals surface area contributed by atoms with Crippen molar-refractivity contribution in [3.63, 3.8) is 0 Å². The van der Waals surface area contributed by atoms with Crippen molar-refractivity contribution in [2.75, 3.05) is 13.2 Å². The summed E-state index contributed by atoms with van der Waals surface area (Å²) in [4.78, 5) is 0. The van der Waals surface area contributed by atoms with Gasteiger partial charge in [0.25, 0.3) is 0 Å². The summed E-state index contributed by atoms with van der Waals surface area (Å²) >= 11 is 6.30. The third kappa shape index (κ3) is 5.27. The van der Waals surface area contributed by atoms with Crippen LogP contribution in [0, 0.1) is 0 Å². The molecule has 0 aliphatic carbocycles. The zero-order chi connectivity index (χ0) is 9.56. The van der Waals surface area contributed by atoms with Crippen LogP contribution < -0.4 is 0 Å². The minimum absolute atomic E-state index is 0.311. The second kappa shape index (κ2) is 7.03. The zero-order valence-electron chi connectivity index (χ0n) is 6.70. The molecular formula is C7H12Br2O3. The quantitative estimate of drug-likeness (QED) is 0.807. The smallest absolute Gasteiger partial charge is 0.107 e. The molecule has 0 radical (unpaired) electrons. The lowest BCUT2D eigenvalue weighted by Crippen LogP contribution is -2.30. The van der Waals surface area contributed by atoms with E-state index in [4.69, 9.17) is 9.84 Å². The summed E-state index contributed by atoms with van der Waals surface area (Å²) in [5, 5.41) is 17.9. The molecule has 0 aromatic carbocycles. The van der Waals surface area contributed by atoms with Crippen molar-refractivity contribution in [3.8, 4) is 0 Å². The summed E-state index contributed by atoms with van der Waals surface area (Å²) < 4.78 is 5.85. The van der Waals surface area contributed by atoms with E-state index in [2.05, 4.69) is 31.9 Å². The fraction of sp³-hybridized carbons (Fsp3) is 0.714. The summed E-state index contributed by atoms with van der Waals surface area (Å²) in [6, 6.07) is 0. The predicted molar refractivity (Wildman–Crippen MR) is 54.4 cm³/mol. The van der Waals surface area contributed by atoms with E-state index < -0.39 is 12.2 Å². The maximum Gasteiger partial charge on any atom is 0.107 e. The third-order valence-electron chi connectivity index (χ3n) is 1.22. The van der Waals surface area contributed by atoms with Crippen LogP contribution in [0.3, 0.4) is 0 Å². The normalized spacial score (nSPS) is 15.4. The highest BCUT2D eigenvalue weighted by Gasteiger charge is 2.15. The molecule has 0 aromatic heterocycles. The van der Waals surface area contributed by atoms with Gasteiger partial charge < -0.3 is 14.9 Å². The van der Waals surface area contributed by atoms with Crippen molar-refractivity contribution in [3.05, 3.63) is 9.47 Å². The van der Waals surface area contributed by atoms with Gasteiger partial charge in [0, 0.05) is 6.61 Å². The summed E-state index contributed by atoms with van der Waals surface area (Å²) in [6.07, 6.45) is 0.286. The Hall–Kier alpha value is 0.580. The van der Waals surface area contributed by atoms with Crippen LogP contribution in [0.25, 0.3) is 0 Å². The Morgan fingerprint density at radius 2 is 2.17 bits per heavy atom. The van der Waals surface area contributed by atoms with Crippen LogP contribution in [0.15, 0.2) is 9.47 Å². The monoisotopic (exact) mass is 302 g/mol. The van der Waals surface area contributed by atoms with Gasteiger partial charge >= 0.3 is 0 Å². The zero-order valence-corrected chi connectivity index (χ0v) is 9.88. The molecule has 0 fully saturated rings. The average molecular weight is 304 g/mol. The van der Waals surface area contributed by atoms with Gasteiger partial charge in [0.1, 0.15) is 12.2 Å². The van der Waals surface area contributed by atoms with Gasteiger partial charge in [-0.15, -0.1) is 0 Å². The lowest BCUT2D eigenvalue weighted by atomic mass is 10.2. The van der Waals surface area contributed by atoms with E-state index in [0.29, 0.717) is 10.00 Å². The molecule has 0 spiro atoms. The Kier molecular flexibility index (Phi) is 7.37. The van der Waals surface area contributed by atoms with Gasteiger partial charge in [-0.3, -0.25) is 0 Å². The lowest BCUT2D eigenvalue weighted by Gasteiger charge is -2.17. The molecule has 2 N–H and O–H groups in total. The van der Waals surface area contributed by atoms with E-state index in [-0.39, 0.29) is 6.61 Å². The Morgan fingerprint density at radius 3 is 2.50 bits per heavy atom. The minimum Gasteiger partial charge on any atom is -0.394 e. The molecule has 72 valence electrons. The maximum atomic E-state index is 9.24. The molecule has 0 rings (SSSR count). The number of halogens is 2. The molecule has 0 aliphatic rings. The van der Waals surface area contributed by atoms with Gasteiger partial charge in [-0.1, -0.05) is 0 Å². The molecule has 12 heavy (non-hydrogen) atoms. The Bertz CT molecular complexity index is 146. The van der Waals surface area contributed by atoms with Crippen LogP contribution >= 0.6 is 31.9 Å². The van der Waals surface area contributed by atoms with Crippen LogP contribution in [0.1, 0.15) is 6.92 Å². The van der Waals surface area contributed by atoms with Gasteiger partial charge in [-0.2, -0.15) is 0 Å². The molecule has 0 aliphatic heterocycles. The summed E-state index contributed by atoms with van der Waals surface area (Å²) in [6.45, 7) is 2.01. The van der Waals surface area contributed by atoms with E-state index >= 15 is 0 Å². The Balaban J connectivity index is 4.12. The molecule has 0 amide bonds. The van der Waals surface area contributed by atoms with E-state index in [1.807, 2.05) is 6.92 Å². The first-order valence-corrected chi connectivity index (χ1v) is 5.13. The summed E-state index contributed by atoms with van der Waals surface area (Å²) in [5.41, 5.74) is 0. The number of aliphatic hydroxyl groups is 2. The molecule has 5 heteroatoms. The Morgan fingerprint density at radius 1 is 1.58 bits per heavy atom. The highest BCUT2D eigenvalue weighted by molar-refractivity contribution is 9.28. The number of ether oxygens (including phenoxy) is 1. The molecule has 0 heterocycles. The number of hydrogen-bond acceptors (Lipinski definition) is 3. The maximum absolute atomic E-state index is 9.24. The topological polar surface area (TPSA) is 49.7 Å². The van der Waals surface area contributed by atoms with Crippen molar-refractivity contribution in [2.45, 2.75) is 19.1 Å². The predicted octanol–water partition coefficient (Wildman–Crippen LogP) is 1.38. The second-order valence-corrected chi connectivity index (χ2v) is 4.90. The van der Waals surface area contributed by atoms with Crippen LogP contribution in [-0.4, -0.2) is 35.6 Å². The third-order valence-corrected chi connectivity index (χ3v) is 1.74. The minimum atomic E-state index is -0.880. The van der Waals surface area contributed by atoms with Gasteiger partial charge in [-0.25, -0.2) is 0 Å². The summed E-state index contributed by atoms with van der Waals surface area (Å²) in [5.74, 6) is 0. The van der Waals surface area contributed by atoms with Gasteiger partial charge in [0.05, 0.1) is 10.00 Å². The van der Waals surface area contributed by atoms with Crippen LogP contribution in [-0.2, 0) is 4.74 Å². The molecule has 0 saturated carbocycles.